The molecule has 6 heteroatoms. The van der Waals surface area contributed by atoms with Gasteiger partial charge in [-0.2, -0.15) is 0 Å². The summed E-state index contributed by atoms with van der Waals surface area (Å²) in [6.07, 6.45) is 5.91. The highest BCUT2D eigenvalue weighted by molar-refractivity contribution is 5.42. The number of methoxy groups -OCH3 is 2. The molecule has 25 heavy (non-hydrogen) atoms. The number of imidazole rings is 1. The molecular weight excluding hydrogens is 318 g/mol. The predicted octanol–water partition coefficient (Wildman–Crippen LogP) is 2.35. The third-order valence-corrected chi connectivity index (χ3v) is 4.77. The van der Waals surface area contributed by atoms with E-state index in [9.17, 15) is 0 Å². The summed E-state index contributed by atoms with van der Waals surface area (Å²) in [5.74, 6) is 3.02. The van der Waals surface area contributed by atoms with Gasteiger partial charge in [0.1, 0.15) is 11.9 Å². The zero-order valence-corrected chi connectivity index (χ0v) is 15.2. The number of hydrogen-bond acceptors (Lipinski definition) is 5. The minimum atomic E-state index is 0.0913. The second-order valence-electron chi connectivity index (χ2n) is 6.38. The molecule has 1 aliphatic heterocycles. The monoisotopic (exact) mass is 345 g/mol. The zero-order chi connectivity index (χ0) is 17.6. The van der Waals surface area contributed by atoms with Crippen molar-refractivity contribution in [3.63, 3.8) is 0 Å². The molecule has 1 aromatic carbocycles. The van der Waals surface area contributed by atoms with E-state index in [1.165, 1.54) is 5.56 Å². The maximum Gasteiger partial charge on any atom is 0.160 e. The second-order valence-corrected chi connectivity index (χ2v) is 6.38. The van der Waals surface area contributed by atoms with Gasteiger partial charge in [0.15, 0.2) is 11.5 Å². The van der Waals surface area contributed by atoms with Gasteiger partial charge in [-0.25, -0.2) is 4.98 Å². The van der Waals surface area contributed by atoms with Crippen LogP contribution in [0, 0.1) is 5.92 Å². The number of benzene rings is 1. The lowest BCUT2D eigenvalue weighted by molar-refractivity contribution is 0.0812. The number of ether oxygens (including phenoxy) is 3. The summed E-state index contributed by atoms with van der Waals surface area (Å²) in [6, 6.07) is 6.07. The van der Waals surface area contributed by atoms with Gasteiger partial charge in [-0.15, -0.1) is 0 Å². The molecule has 0 amide bonds. The van der Waals surface area contributed by atoms with E-state index in [1.54, 1.807) is 14.2 Å². The van der Waals surface area contributed by atoms with Crippen LogP contribution in [0.3, 0.4) is 0 Å². The maximum absolute atomic E-state index is 5.91. The fourth-order valence-corrected chi connectivity index (χ4v) is 3.34. The number of hydrogen-bond donors (Lipinski definition) is 1. The molecule has 0 bridgehead atoms. The third kappa shape index (κ3) is 4.14. The van der Waals surface area contributed by atoms with Crippen LogP contribution in [0.4, 0.5) is 0 Å². The van der Waals surface area contributed by atoms with E-state index in [1.807, 2.05) is 36.1 Å². The van der Waals surface area contributed by atoms with E-state index in [0.29, 0.717) is 5.92 Å². The van der Waals surface area contributed by atoms with Crippen molar-refractivity contribution in [3.8, 4) is 11.5 Å². The fourth-order valence-electron chi connectivity index (χ4n) is 3.34. The summed E-state index contributed by atoms with van der Waals surface area (Å²) in [5, 5.41) is 3.56. The van der Waals surface area contributed by atoms with E-state index in [4.69, 9.17) is 14.2 Å². The standard InChI is InChI=1S/C19H27N3O3/c1-22-10-9-21-19(22)18-15(7-11-25-18)13-20-8-6-14-4-5-16(23-2)17(12-14)24-3/h4-5,9-10,12,15,18,20H,6-8,11,13H2,1-3H3/t15-,18+/m0/s1. The maximum atomic E-state index is 5.91. The molecule has 0 spiro atoms. The van der Waals surface area contributed by atoms with Gasteiger partial charge in [0, 0.05) is 38.5 Å². The van der Waals surface area contributed by atoms with Crippen molar-refractivity contribution < 1.29 is 14.2 Å². The van der Waals surface area contributed by atoms with Gasteiger partial charge < -0.3 is 24.1 Å². The molecule has 1 N–H and O–H groups in total. The normalized spacial score (nSPS) is 20.0. The summed E-state index contributed by atoms with van der Waals surface area (Å²) in [5.41, 5.74) is 1.23. The van der Waals surface area contributed by atoms with Gasteiger partial charge in [-0.3, -0.25) is 0 Å². The van der Waals surface area contributed by atoms with Crippen LogP contribution >= 0.6 is 0 Å². The SMILES string of the molecule is COc1ccc(CCNC[C@@H]2CCO[C@H]2c2nccn2C)cc1OC. The summed E-state index contributed by atoms with van der Waals surface area (Å²) in [6.45, 7) is 2.66. The molecule has 6 nitrogen and oxygen atoms in total. The summed E-state index contributed by atoms with van der Waals surface area (Å²) >= 11 is 0. The van der Waals surface area contributed by atoms with Crippen molar-refractivity contribution >= 4 is 0 Å². The van der Waals surface area contributed by atoms with E-state index >= 15 is 0 Å². The van der Waals surface area contributed by atoms with Crippen LogP contribution in [0.5, 0.6) is 11.5 Å². The molecule has 0 unspecified atom stereocenters. The van der Waals surface area contributed by atoms with Crippen LogP contribution in [0.2, 0.25) is 0 Å². The molecular formula is C19H27N3O3. The summed E-state index contributed by atoms with van der Waals surface area (Å²) in [7, 11) is 5.34. The first kappa shape index (κ1) is 17.8. The highest BCUT2D eigenvalue weighted by atomic mass is 16.5. The van der Waals surface area contributed by atoms with Gasteiger partial charge in [0.2, 0.25) is 0 Å². The molecule has 1 fully saturated rings. The first-order valence-corrected chi connectivity index (χ1v) is 8.73. The van der Waals surface area contributed by atoms with E-state index < -0.39 is 0 Å². The summed E-state index contributed by atoms with van der Waals surface area (Å²) < 4.78 is 18.6. The number of aryl methyl sites for hydroxylation is 1. The highest BCUT2D eigenvalue weighted by Crippen LogP contribution is 2.33. The lowest BCUT2D eigenvalue weighted by atomic mass is 10.0. The smallest absolute Gasteiger partial charge is 0.160 e. The Labute approximate surface area is 149 Å². The molecule has 136 valence electrons. The number of aromatic nitrogens is 2. The predicted molar refractivity (Wildman–Crippen MR) is 96.1 cm³/mol. The van der Waals surface area contributed by atoms with Crippen molar-refractivity contribution in [2.45, 2.75) is 18.9 Å². The number of rotatable bonds is 8. The second kappa shape index (κ2) is 8.36. The lowest BCUT2D eigenvalue weighted by Crippen LogP contribution is -2.27. The van der Waals surface area contributed by atoms with Gasteiger partial charge in [-0.05, 0) is 37.1 Å². The quantitative estimate of drug-likeness (QED) is 0.744. The van der Waals surface area contributed by atoms with Crippen LogP contribution in [0.1, 0.15) is 23.9 Å². The third-order valence-electron chi connectivity index (χ3n) is 4.77. The van der Waals surface area contributed by atoms with Gasteiger partial charge in [-0.1, -0.05) is 6.07 Å². The molecule has 2 aromatic rings. The Kier molecular flexibility index (Phi) is 5.94. The average Bonchev–Trinajstić information content (AvgIpc) is 3.26. The van der Waals surface area contributed by atoms with Crippen LogP contribution in [0.15, 0.2) is 30.6 Å². The van der Waals surface area contributed by atoms with E-state index in [-0.39, 0.29) is 6.10 Å². The number of nitrogens with one attached hydrogen (secondary N) is 1. The van der Waals surface area contributed by atoms with Gasteiger partial charge >= 0.3 is 0 Å². The Balaban J connectivity index is 1.49. The van der Waals surface area contributed by atoms with Crippen molar-refractivity contribution in [2.24, 2.45) is 13.0 Å². The minimum absolute atomic E-state index is 0.0913. The Hall–Kier alpha value is -2.05. The molecule has 0 radical (unpaired) electrons. The molecule has 1 aliphatic rings. The molecule has 3 rings (SSSR count). The van der Waals surface area contributed by atoms with Crippen molar-refractivity contribution in [3.05, 3.63) is 42.0 Å². The Morgan fingerprint density at radius 3 is 2.84 bits per heavy atom. The summed E-state index contributed by atoms with van der Waals surface area (Å²) in [4.78, 5) is 4.44. The van der Waals surface area contributed by atoms with Crippen LogP contribution < -0.4 is 14.8 Å². The highest BCUT2D eigenvalue weighted by Gasteiger charge is 2.31. The molecule has 1 aromatic heterocycles. The van der Waals surface area contributed by atoms with Gasteiger partial charge in [0.05, 0.1) is 14.2 Å². The first-order valence-electron chi connectivity index (χ1n) is 8.73. The zero-order valence-electron chi connectivity index (χ0n) is 15.2. The van der Waals surface area contributed by atoms with Crippen LogP contribution in [0.25, 0.3) is 0 Å². The van der Waals surface area contributed by atoms with Gasteiger partial charge in [0.25, 0.3) is 0 Å². The molecule has 2 heterocycles. The minimum Gasteiger partial charge on any atom is -0.493 e. The van der Waals surface area contributed by atoms with Crippen molar-refractivity contribution in [2.75, 3.05) is 33.9 Å². The average molecular weight is 345 g/mol. The Morgan fingerprint density at radius 2 is 2.12 bits per heavy atom. The van der Waals surface area contributed by atoms with Crippen molar-refractivity contribution in [1.82, 2.24) is 14.9 Å². The molecule has 1 saturated heterocycles. The van der Waals surface area contributed by atoms with E-state index in [2.05, 4.69) is 16.4 Å². The van der Waals surface area contributed by atoms with Crippen LogP contribution in [-0.4, -0.2) is 43.5 Å². The topological polar surface area (TPSA) is 57.5 Å². The number of nitrogens with zero attached hydrogens (tertiary/aromatic N) is 2. The lowest BCUT2D eigenvalue weighted by Gasteiger charge is -2.19. The molecule has 0 aliphatic carbocycles. The fraction of sp³-hybridized carbons (Fsp3) is 0.526. The van der Waals surface area contributed by atoms with Crippen LogP contribution in [-0.2, 0) is 18.2 Å². The Bertz CT molecular complexity index is 686. The molecule has 2 atom stereocenters. The van der Waals surface area contributed by atoms with Crippen molar-refractivity contribution in [1.29, 1.82) is 0 Å². The largest absolute Gasteiger partial charge is 0.493 e. The molecule has 0 saturated carbocycles. The van der Waals surface area contributed by atoms with E-state index in [0.717, 1.165) is 49.9 Å². The Morgan fingerprint density at radius 1 is 1.28 bits per heavy atom. The first-order chi connectivity index (χ1) is 12.2.